The van der Waals surface area contributed by atoms with Crippen LogP contribution in [0.5, 0.6) is 11.5 Å². The van der Waals surface area contributed by atoms with Gasteiger partial charge in [-0.15, -0.1) is 0 Å². The van der Waals surface area contributed by atoms with Crippen molar-refractivity contribution < 1.29 is 19.2 Å². The molecular weight excluding hydrogens is 362 g/mol. The van der Waals surface area contributed by atoms with Crippen LogP contribution in [0.25, 0.3) is 0 Å². The van der Waals surface area contributed by atoms with Gasteiger partial charge in [0.05, 0.1) is 17.0 Å². The molecule has 1 aliphatic rings. The van der Waals surface area contributed by atoms with Gasteiger partial charge in [-0.05, 0) is 32.0 Å². The number of nitro benzene ring substituents is 1. The molecule has 0 saturated carbocycles. The van der Waals surface area contributed by atoms with Crippen molar-refractivity contribution in [2.75, 3.05) is 31.1 Å². The zero-order valence-corrected chi connectivity index (χ0v) is 15.9. The Hall–Kier alpha value is -3.29. The van der Waals surface area contributed by atoms with E-state index in [4.69, 9.17) is 9.47 Å². The largest absolute Gasteiger partial charge is 0.486 e. The van der Waals surface area contributed by atoms with Crippen molar-refractivity contribution >= 4 is 17.3 Å². The van der Waals surface area contributed by atoms with Gasteiger partial charge in [0.25, 0.3) is 11.6 Å². The zero-order valence-electron chi connectivity index (χ0n) is 15.9. The summed E-state index contributed by atoms with van der Waals surface area (Å²) in [5.74, 6) is 0.924. The number of hydrogen-bond donors (Lipinski definition) is 1. The molecule has 28 heavy (non-hydrogen) atoms. The van der Waals surface area contributed by atoms with Crippen LogP contribution in [-0.2, 0) is 0 Å². The number of nitrogens with one attached hydrogen (secondary N) is 1. The van der Waals surface area contributed by atoms with Crippen molar-refractivity contribution in [3.63, 3.8) is 0 Å². The monoisotopic (exact) mass is 385 g/mol. The normalized spacial score (nSPS) is 15.0. The Labute approximate surface area is 163 Å². The van der Waals surface area contributed by atoms with Crippen molar-refractivity contribution in [1.29, 1.82) is 0 Å². The van der Waals surface area contributed by atoms with E-state index in [-0.39, 0.29) is 29.8 Å². The lowest BCUT2D eigenvalue weighted by Gasteiger charge is -2.27. The van der Waals surface area contributed by atoms with Crippen LogP contribution in [0.3, 0.4) is 0 Å². The maximum absolute atomic E-state index is 12.8. The molecule has 1 heterocycles. The number of carbonyl (C=O) groups is 1. The summed E-state index contributed by atoms with van der Waals surface area (Å²) in [6.07, 6.45) is -0.338. The van der Waals surface area contributed by atoms with Gasteiger partial charge in [-0.2, -0.15) is 0 Å². The van der Waals surface area contributed by atoms with Gasteiger partial charge in [0.1, 0.15) is 12.7 Å². The molecule has 1 aliphatic heterocycles. The topological polar surface area (TPSA) is 93.9 Å². The summed E-state index contributed by atoms with van der Waals surface area (Å²) in [6, 6.07) is 11.7. The number of amides is 1. The average Bonchev–Trinajstić information content (AvgIpc) is 2.72. The number of fused-ring (bicyclic) bond motifs is 1. The number of rotatable bonds is 7. The number of anilines is 1. The van der Waals surface area contributed by atoms with E-state index in [1.165, 1.54) is 12.1 Å². The van der Waals surface area contributed by atoms with Gasteiger partial charge in [0, 0.05) is 30.9 Å². The number of carbonyl (C=O) groups excluding carboxylic acids is 1. The Bertz CT molecular complexity index is 867. The first kappa shape index (κ1) is 19.5. The first-order valence-electron chi connectivity index (χ1n) is 9.23. The third-order valence-corrected chi connectivity index (χ3v) is 4.60. The summed E-state index contributed by atoms with van der Waals surface area (Å²) < 4.78 is 11.5. The summed E-state index contributed by atoms with van der Waals surface area (Å²) >= 11 is 0. The fourth-order valence-electron chi connectivity index (χ4n) is 3.12. The molecule has 8 heteroatoms. The second-order valence-corrected chi connectivity index (χ2v) is 6.34. The highest BCUT2D eigenvalue weighted by atomic mass is 16.6. The van der Waals surface area contributed by atoms with Crippen LogP contribution in [0.1, 0.15) is 24.2 Å². The van der Waals surface area contributed by atoms with E-state index in [1.807, 2.05) is 43.0 Å². The summed E-state index contributed by atoms with van der Waals surface area (Å²) in [5, 5.41) is 14.0. The molecule has 0 radical (unpaired) electrons. The Morgan fingerprint density at radius 2 is 1.93 bits per heavy atom. The fourth-order valence-corrected chi connectivity index (χ4v) is 3.12. The summed E-state index contributed by atoms with van der Waals surface area (Å²) in [6.45, 7) is 5.85. The lowest BCUT2D eigenvalue weighted by atomic mass is 10.1. The molecule has 2 aromatic rings. The SMILES string of the molecule is CCN(CC)c1ccc([N+](=O)[O-])cc1C(=O)NC[C@@H]1COc2ccccc2O1. The maximum Gasteiger partial charge on any atom is 0.270 e. The molecule has 1 N–H and O–H groups in total. The molecule has 3 rings (SSSR count). The predicted octanol–water partition coefficient (Wildman–Crippen LogP) is 3.01. The van der Waals surface area contributed by atoms with Crippen LogP contribution in [0.4, 0.5) is 11.4 Å². The lowest BCUT2D eigenvalue weighted by Crippen LogP contribution is -2.41. The van der Waals surface area contributed by atoms with E-state index in [9.17, 15) is 14.9 Å². The number of ether oxygens (including phenoxy) is 2. The smallest absolute Gasteiger partial charge is 0.270 e. The quantitative estimate of drug-likeness (QED) is 0.582. The van der Waals surface area contributed by atoms with E-state index in [0.29, 0.717) is 36.9 Å². The number of hydrogen-bond acceptors (Lipinski definition) is 6. The highest BCUT2D eigenvalue weighted by Gasteiger charge is 2.23. The summed E-state index contributed by atoms with van der Waals surface area (Å²) in [7, 11) is 0. The Kier molecular flexibility index (Phi) is 5.98. The van der Waals surface area contributed by atoms with Crippen LogP contribution in [0.15, 0.2) is 42.5 Å². The minimum atomic E-state index is -0.502. The minimum Gasteiger partial charge on any atom is -0.486 e. The third kappa shape index (κ3) is 4.16. The number of nitro groups is 1. The standard InChI is InChI=1S/C20H23N3O5/c1-3-22(4-2)17-10-9-14(23(25)26)11-16(17)20(24)21-12-15-13-27-18-7-5-6-8-19(18)28-15/h5-11,15H,3-4,12-13H2,1-2H3,(H,21,24)/t15-/m1/s1. The van der Waals surface area contributed by atoms with Gasteiger partial charge < -0.3 is 19.7 Å². The van der Waals surface area contributed by atoms with Gasteiger partial charge in [0.15, 0.2) is 11.5 Å². The highest BCUT2D eigenvalue weighted by molar-refractivity contribution is 6.00. The summed E-state index contributed by atoms with van der Waals surface area (Å²) in [5.41, 5.74) is 0.821. The van der Waals surface area contributed by atoms with E-state index < -0.39 is 4.92 Å². The average molecular weight is 385 g/mol. The predicted molar refractivity (Wildman–Crippen MR) is 105 cm³/mol. The molecule has 0 aliphatic carbocycles. The Balaban J connectivity index is 1.74. The second-order valence-electron chi connectivity index (χ2n) is 6.34. The first-order valence-corrected chi connectivity index (χ1v) is 9.23. The van der Waals surface area contributed by atoms with Crippen LogP contribution < -0.4 is 19.7 Å². The van der Waals surface area contributed by atoms with Crippen molar-refractivity contribution in [3.05, 3.63) is 58.1 Å². The molecule has 148 valence electrons. The molecule has 1 amide bonds. The highest BCUT2D eigenvalue weighted by Crippen LogP contribution is 2.31. The first-order chi connectivity index (χ1) is 13.5. The number of nitrogens with zero attached hydrogens (tertiary/aromatic N) is 2. The second kappa shape index (κ2) is 8.60. The van der Waals surface area contributed by atoms with Crippen LogP contribution in [0.2, 0.25) is 0 Å². The fraction of sp³-hybridized carbons (Fsp3) is 0.350. The minimum absolute atomic E-state index is 0.118. The molecule has 8 nitrogen and oxygen atoms in total. The van der Waals surface area contributed by atoms with E-state index in [0.717, 1.165) is 0 Å². The van der Waals surface area contributed by atoms with E-state index >= 15 is 0 Å². The molecule has 0 aromatic heterocycles. The van der Waals surface area contributed by atoms with Gasteiger partial charge in [-0.25, -0.2) is 0 Å². The Morgan fingerprint density at radius 3 is 2.61 bits per heavy atom. The van der Waals surface area contributed by atoms with E-state index in [2.05, 4.69) is 5.32 Å². The van der Waals surface area contributed by atoms with E-state index in [1.54, 1.807) is 6.07 Å². The molecule has 0 fully saturated rings. The van der Waals surface area contributed by atoms with Gasteiger partial charge >= 0.3 is 0 Å². The summed E-state index contributed by atoms with van der Waals surface area (Å²) in [4.78, 5) is 25.4. The molecule has 0 unspecified atom stereocenters. The van der Waals surface area contributed by atoms with Crippen molar-refractivity contribution in [3.8, 4) is 11.5 Å². The molecule has 0 saturated heterocycles. The van der Waals surface area contributed by atoms with Crippen molar-refractivity contribution in [2.45, 2.75) is 20.0 Å². The van der Waals surface area contributed by atoms with Crippen molar-refractivity contribution in [2.24, 2.45) is 0 Å². The maximum atomic E-state index is 12.8. The van der Waals surface area contributed by atoms with Gasteiger partial charge in [-0.1, -0.05) is 12.1 Å². The third-order valence-electron chi connectivity index (χ3n) is 4.60. The number of benzene rings is 2. The zero-order chi connectivity index (χ0) is 20.1. The lowest BCUT2D eigenvalue weighted by molar-refractivity contribution is -0.384. The number of para-hydroxylation sites is 2. The number of non-ortho nitro benzene ring substituents is 1. The van der Waals surface area contributed by atoms with Crippen molar-refractivity contribution in [1.82, 2.24) is 5.32 Å². The Morgan fingerprint density at radius 1 is 1.21 bits per heavy atom. The van der Waals surface area contributed by atoms with Crippen LogP contribution in [-0.4, -0.2) is 43.2 Å². The molecule has 1 atom stereocenters. The molecule has 2 aromatic carbocycles. The van der Waals surface area contributed by atoms with Crippen LogP contribution >= 0.6 is 0 Å². The molecular formula is C20H23N3O5. The van der Waals surface area contributed by atoms with Gasteiger partial charge in [-0.3, -0.25) is 14.9 Å². The molecule has 0 spiro atoms. The van der Waals surface area contributed by atoms with Gasteiger partial charge in [0.2, 0.25) is 0 Å². The van der Waals surface area contributed by atoms with Crippen LogP contribution in [0, 0.1) is 10.1 Å². The molecule has 0 bridgehead atoms.